The molecule has 0 amide bonds. The number of halogens is 2. The maximum atomic E-state index is 13.2. The third-order valence-corrected chi connectivity index (χ3v) is 4.33. The van der Waals surface area contributed by atoms with Gasteiger partial charge in [0.05, 0.1) is 5.75 Å². The van der Waals surface area contributed by atoms with Crippen LogP contribution in [0, 0.1) is 18.6 Å². The summed E-state index contributed by atoms with van der Waals surface area (Å²) in [5.41, 5.74) is 1.25. The van der Waals surface area contributed by atoms with Crippen molar-refractivity contribution in [2.45, 2.75) is 18.7 Å². The first kappa shape index (κ1) is 18.1. The molecule has 8 heteroatoms. The van der Waals surface area contributed by atoms with E-state index in [9.17, 15) is 13.6 Å². The molecule has 134 valence electrons. The van der Waals surface area contributed by atoms with E-state index in [2.05, 4.69) is 15.2 Å². The van der Waals surface area contributed by atoms with Gasteiger partial charge in [0.1, 0.15) is 12.4 Å². The predicted octanol–water partition coefficient (Wildman–Crippen LogP) is 3.95. The van der Waals surface area contributed by atoms with Crippen LogP contribution in [0.4, 0.5) is 8.78 Å². The third kappa shape index (κ3) is 4.66. The van der Waals surface area contributed by atoms with Crippen molar-refractivity contribution in [3.63, 3.8) is 0 Å². The van der Waals surface area contributed by atoms with Crippen LogP contribution in [-0.4, -0.2) is 26.7 Å². The number of benzene rings is 2. The van der Waals surface area contributed by atoms with E-state index in [4.69, 9.17) is 4.74 Å². The number of hydrogen-bond donors (Lipinski definition) is 1. The summed E-state index contributed by atoms with van der Waals surface area (Å²) in [6.45, 7) is 2.21. The number of aryl methyl sites for hydroxylation is 1. The van der Waals surface area contributed by atoms with E-state index in [1.807, 2.05) is 31.2 Å². The Kier molecular flexibility index (Phi) is 5.62. The van der Waals surface area contributed by atoms with Gasteiger partial charge in [0.15, 0.2) is 23.2 Å². The lowest BCUT2D eigenvalue weighted by atomic mass is 10.1. The molecule has 26 heavy (non-hydrogen) atoms. The normalized spacial score (nSPS) is 10.7. The minimum absolute atomic E-state index is 0.0151. The van der Waals surface area contributed by atoms with Crippen molar-refractivity contribution in [1.82, 2.24) is 15.2 Å². The molecule has 1 heterocycles. The first-order chi connectivity index (χ1) is 12.5. The number of ketones is 1. The van der Waals surface area contributed by atoms with Crippen LogP contribution >= 0.6 is 11.8 Å². The van der Waals surface area contributed by atoms with Crippen molar-refractivity contribution < 1.29 is 18.3 Å². The van der Waals surface area contributed by atoms with Gasteiger partial charge in [-0.05, 0) is 37.3 Å². The highest BCUT2D eigenvalue weighted by Gasteiger charge is 2.12. The Hall–Kier alpha value is -2.74. The molecule has 0 aliphatic carbocycles. The molecule has 0 aliphatic heterocycles. The second-order valence-electron chi connectivity index (χ2n) is 5.51. The van der Waals surface area contributed by atoms with Gasteiger partial charge in [0.2, 0.25) is 5.16 Å². The predicted molar refractivity (Wildman–Crippen MR) is 93.3 cm³/mol. The van der Waals surface area contributed by atoms with Crippen molar-refractivity contribution in [2.24, 2.45) is 0 Å². The molecule has 3 aromatic rings. The van der Waals surface area contributed by atoms with Crippen LogP contribution in [-0.2, 0) is 6.61 Å². The van der Waals surface area contributed by atoms with Crippen LogP contribution in [0.2, 0.25) is 0 Å². The SMILES string of the molecule is Cc1ccc(OCc2nc(SCC(=O)c3ccc(F)c(F)c3)n[nH]2)cc1. The molecule has 0 unspecified atom stereocenters. The smallest absolute Gasteiger partial charge is 0.208 e. The molecule has 0 bridgehead atoms. The summed E-state index contributed by atoms with van der Waals surface area (Å²) >= 11 is 1.10. The van der Waals surface area contributed by atoms with E-state index in [0.717, 1.165) is 35.2 Å². The van der Waals surface area contributed by atoms with Gasteiger partial charge in [0.25, 0.3) is 0 Å². The van der Waals surface area contributed by atoms with E-state index in [-0.39, 0.29) is 23.7 Å². The Morgan fingerprint density at radius 1 is 1.15 bits per heavy atom. The standard InChI is InChI=1S/C18H15F2N3O2S/c1-11-2-5-13(6-3-11)25-9-17-21-18(23-22-17)26-10-16(24)12-4-7-14(19)15(20)8-12/h2-8H,9-10H2,1H3,(H,21,22,23). The fraction of sp³-hybridized carbons (Fsp3) is 0.167. The van der Waals surface area contributed by atoms with Crippen LogP contribution in [0.25, 0.3) is 0 Å². The maximum Gasteiger partial charge on any atom is 0.208 e. The molecule has 5 nitrogen and oxygen atoms in total. The van der Waals surface area contributed by atoms with Crippen molar-refractivity contribution in [3.05, 3.63) is 71.1 Å². The average Bonchev–Trinajstić information content (AvgIpc) is 3.09. The van der Waals surface area contributed by atoms with E-state index in [1.54, 1.807) is 0 Å². The molecule has 3 rings (SSSR count). The number of ether oxygens (including phenoxy) is 1. The highest BCUT2D eigenvalue weighted by Crippen LogP contribution is 2.17. The zero-order valence-corrected chi connectivity index (χ0v) is 14.6. The number of aromatic amines is 1. The van der Waals surface area contributed by atoms with Gasteiger partial charge in [-0.25, -0.2) is 13.8 Å². The number of nitrogens with one attached hydrogen (secondary N) is 1. The Labute approximate surface area is 152 Å². The second kappa shape index (κ2) is 8.09. The molecule has 0 fully saturated rings. The lowest BCUT2D eigenvalue weighted by Crippen LogP contribution is -2.04. The van der Waals surface area contributed by atoms with Gasteiger partial charge in [-0.2, -0.15) is 0 Å². The first-order valence-electron chi connectivity index (χ1n) is 7.73. The number of rotatable bonds is 7. The van der Waals surface area contributed by atoms with Gasteiger partial charge in [-0.3, -0.25) is 9.89 Å². The van der Waals surface area contributed by atoms with Crippen molar-refractivity contribution >= 4 is 17.5 Å². The zero-order valence-electron chi connectivity index (χ0n) is 13.8. The average molecular weight is 375 g/mol. The highest BCUT2D eigenvalue weighted by molar-refractivity contribution is 7.99. The number of aromatic nitrogens is 3. The molecule has 1 N–H and O–H groups in total. The van der Waals surface area contributed by atoms with Gasteiger partial charge in [-0.15, -0.1) is 5.10 Å². The fourth-order valence-electron chi connectivity index (χ4n) is 2.08. The molecule has 0 saturated carbocycles. The van der Waals surface area contributed by atoms with Crippen LogP contribution in [0.5, 0.6) is 5.75 Å². The Morgan fingerprint density at radius 2 is 1.92 bits per heavy atom. The molecule has 0 saturated heterocycles. The second-order valence-corrected chi connectivity index (χ2v) is 6.45. The summed E-state index contributed by atoms with van der Waals surface area (Å²) in [7, 11) is 0. The summed E-state index contributed by atoms with van der Waals surface area (Å²) in [5, 5.41) is 7.12. The maximum absolute atomic E-state index is 13.2. The summed E-state index contributed by atoms with van der Waals surface area (Å²) in [6, 6.07) is 10.7. The van der Waals surface area contributed by atoms with Crippen LogP contribution in [0.3, 0.4) is 0 Å². The third-order valence-electron chi connectivity index (χ3n) is 3.48. The highest BCUT2D eigenvalue weighted by atomic mass is 32.2. The monoisotopic (exact) mass is 375 g/mol. The lowest BCUT2D eigenvalue weighted by Gasteiger charge is -2.03. The van der Waals surface area contributed by atoms with Gasteiger partial charge in [0, 0.05) is 5.56 Å². The number of Topliss-reactive ketones (excluding diaryl/α,β-unsaturated/α-hetero) is 1. The Balaban J connectivity index is 1.52. The number of hydrogen-bond acceptors (Lipinski definition) is 5. The number of H-pyrrole nitrogens is 1. The summed E-state index contributed by atoms with van der Waals surface area (Å²) < 4.78 is 31.7. The molecule has 1 aromatic heterocycles. The number of thioether (sulfide) groups is 1. The largest absolute Gasteiger partial charge is 0.486 e. The van der Waals surface area contributed by atoms with Crippen molar-refractivity contribution in [3.8, 4) is 5.75 Å². The quantitative estimate of drug-likeness (QED) is 0.500. The number of nitrogens with zero attached hydrogens (tertiary/aromatic N) is 2. The van der Waals surface area contributed by atoms with E-state index in [0.29, 0.717) is 11.0 Å². The number of carbonyl (C=O) groups is 1. The molecular weight excluding hydrogens is 360 g/mol. The Morgan fingerprint density at radius 3 is 2.65 bits per heavy atom. The molecule has 0 atom stereocenters. The van der Waals surface area contributed by atoms with Crippen LogP contribution < -0.4 is 4.74 Å². The fourth-order valence-corrected chi connectivity index (χ4v) is 2.79. The minimum atomic E-state index is -1.05. The minimum Gasteiger partial charge on any atom is -0.486 e. The first-order valence-corrected chi connectivity index (χ1v) is 8.71. The lowest BCUT2D eigenvalue weighted by molar-refractivity contribution is 0.102. The summed E-state index contributed by atoms with van der Waals surface area (Å²) in [4.78, 5) is 16.3. The van der Waals surface area contributed by atoms with Gasteiger partial charge >= 0.3 is 0 Å². The van der Waals surface area contributed by atoms with Gasteiger partial charge < -0.3 is 4.74 Å². The van der Waals surface area contributed by atoms with Crippen LogP contribution in [0.1, 0.15) is 21.7 Å². The summed E-state index contributed by atoms with van der Waals surface area (Å²) in [6.07, 6.45) is 0. The molecule has 0 spiro atoms. The van der Waals surface area contributed by atoms with E-state index < -0.39 is 11.6 Å². The van der Waals surface area contributed by atoms with Gasteiger partial charge in [-0.1, -0.05) is 29.5 Å². The Bertz CT molecular complexity index is 913. The molecule has 0 aliphatic rings. The number of carbonyl (C=O) groups excluding carboxylic acids is 1. The van der Waals surface area contributed by atoms with Crippen LogP contribution in [0.15, 0.2) is 47.6 Å². The van der Waals surface area contributed by atoms with Crippen molar-refractivity contribution in [1.29, 1.82) is 0 Å². The van der Waals surface area contributed by atoms with Crippen molar-refractivity contribution in [2.75, 3.05) is 5.75 Å². The zero-order chi connectivity index (χ0) is 18.5. The summed E-state index contributed by atoms with van der Waals surface area (Å²) in [5.74, 6) is -1.11. The topological polar surface area (TPSA) is 67.9 Å². The molecule has 2 aromatic carbocycles. The molecule has 0 radical (unpaired) electrons. The van der Waals surface area contributed by atoms with E-state index in [1.165, 1.54) is 6.07 Å². The van der Waals surface area contributed by atoms with E-state index >= 15 is 0 Å². The molecular formula is C18H15F2N3O2S.